The van der Waals surface area contributed by atoms with E-state index < -0.39 is 0 Å². The molecule has 0 radical (unpaired) electrons. The highest BCUT2D eigenvalue weighted by atomic mass is 32.2. The van der Waals surface area contributed by atoms with Crippen LogP contribution < -0.4 is 0 Å². The highest BCUT2D eigenvalue weighted by Gasteiger charge is 2.15. The Morgan fingerprint density at radius 2 is 1.67 bits per heavy atom. The zero-order valence-corrected chi connectivity index (χ0v) is 9.53. The van der Waals surface area contributed by atoms with E-state index in [2.05, 4.69) is 27.7 Å². The summed E-state index contributed by atoms with van der Waals surface area (Å²) >= 11 is 1.85. The molecule has 0 bridgehead atoms. The molecule has 0 aromatic carbocycles. The summed E-state index contributed by atoms with van der Waals surface area (Å²) in [5.74, 6) is 1.39. The lowest BCUT2D eigenvalue weighted by Gasteiger charge is -2.20. The topological polar surface area (TPSA) is 20.2 Å². The van der Waals surface area contributed by atoms with E-state index in [1.54, 1.807) is 0 Å². The van der Waals surface area contributed by atoms with Crippen LogP contribution in [0.15, 0.2) is 0 Å². The molecule has 0 aromatic rings. The van der Waals surface area contributed by atoms with Gasteiger partial charge in [0.2, 0.25) is 0 Å². The van der Waals surface area contributed by atoms with Crippen LogP contribution in [0.3, 0.4) is 0 Å². The van der Waals surface area contributed by atoms with Gasteiger partial charge >= 0.3 is 0 Å². The van der Waals surface area contributed by atoms with Crippen molar-refractivity contribution in [2.24, 2.45) is 5.92 Å². The molecule has 12 heavy (non-hydrogen) atoms. The van der Waals surface area contributed by atoms with Crippen molar-refractivity contribution in [1.82, 2.24) is 0 Å². The minimum absolute atomic E-state index is 0.104. The van der Waals surface area contributed by atoms with Gasteiger partial charge in [0.05, 0.1) is 6.10 Å². The zero-order valence-electron chi connectivity index (χ0n) is 8.71. The summed E-state index contributed by atoms with van der Waals surface area (Å²) in [6.07, 6.45) is 2.08. The van der Waals surface area contributed by atoms with Crippen LogP contribution in [0.4, 0.5) is 0 Å². The van der Waals surface area contributed by atoms with Crippen molar-refractivity contribution in [3.8, 4) is 0 Å². The van der Waals surface area contributed by atoms with Crippen molar-refractivity contribution in [3.63, 3.8) is 0 Å². The summed E-state index contributed by atoms with van der Waals surface area (Å²) in [6, 6.07) is 0. The Hall–Kier alpha value is 0.310. The van der Waals surface area contributed by atoms with E-state index in [9.17, 15) is 5.11 Å². The second kappa shape index (κ2) is 6.79. The van der Waals surface area contributed by atoms with Crippen LogP contribution in [0.5, 0.6) is 0 Å². The van der Waals surface area contributed by atoms with Gasteiger partial charge in [0.25, 0.3) is 0 Å². The predicted octanol–water partition coefficient (Wildman–Crippen LogP) is 2.93. The standard InChI is InChI=1S/C10H22OS/c1-5-9(6-2)10(11)7-12-8(3)4/h8-11H,5-7H2,1-4H3. The third-order valence-electron chi connectivity index (χ3n) is 2.19. The molecule has 74 valence electrons. The molecule has 1 N–H and O–H groups in total. The maximum atomic E-state index is 9.74. The molecule has 0 fully saturated rings. The van der Waals surface area contributed by atoms with Crippen molar-refractivity contribution >= 4 is 11.8 Å². The lowest BCUT2D eigenvalue weighted by atomic mass is 9.98. The fraction of sp³-hybridized carbons (Fsp3) is 1.00. The molecule has 0 aliphatic carbocycles. The van der Waals surface area contributed by atoms with E-state index in [1.165, 1.54) is 0 Å². The average Bonchev–Trinajstić information content (AvgIpc) is 2.03. The van der Waals surface area contributed by atoms with Crippen LogP contribution in [0.25, 0.3) is 0 Å². The molecule has 1 unspecified atom stereocenters. The van der Waals surface area contributed by atoms with Crippen LogP contribution in [-0.4, -0.2) is 22.2 Å². The van der Waals surface area contributed by atoms with E-state index in [0.29, 0.717) is 11.2 Å². The summed E-state index contributed by atoms with van der Waals surface area (Å²) < 4.78 is 0. The lowest BCUT2D eigenvalue weighted by Crippen LogP contribution is -2.22. The smallest absolute Gasteiger partial charge is 0.0658 e. The van der Waals surface area contributed by atoms with Crippen LogP contribution in [-0.2, 0) is 0 Å². The third kappa shape index (κ3) is 5.04. The highest BCUT2D eigenvalue weighted by molar-refractivity contribution is 7.99. The van der Waals surface area contributed by atoms with Crippen LogP contribution >= 0.6 is 11.8 Å². The summed E-state index contributed by atoms with van der Waals surface area (Å²) in [6.45, 7) is 8.64. The molecule has 0 aliphatic rings. The summed E-state index contributed by atoms with van der Waals surface area (Å²) in [7, 11) is 0. The molecule has 0 saturated carbocycles. The normalized spacial score (nSPS) is 14.2. The maximum absolute atomic E-state index is 9.74. The molecule has 0 saturated heterocycles. The van der Waals surface area contributed by atoms with Gasteiger partial charge in [-0.3, -0.25) is 0 Å². The van der Waals surface area contributed by atoms with Gasteiger partial charge in [0, 0.05) is 5.75 Å². The highest BCUT2D eigenvalue weighted by Crippen LogP contribution is 2.19. The summed E-state index contributed by atoms with van der Waals surface area (Å²) in [4.78, 5) is 0. The van der Waals surface area contributed by atoms with Crippen molar-refractivity contribution in [3.05, 3.63) is 0 Å². The van der Waals surface area contributed by atoms with E-state index >= 15 is 0 Å². The fourth-order valence-electron chi connectivity index (χ4n) is 1.26. The molecule has 0 heterocycles. The molecular formula is C10H22OS. The van der Waals surface area contributed by atoms with E-state index in [0.717, 1.165) is 18.6 Å². The van der Waals surface area contributed by atoms with Gasteiger partial charge in [-0.2, -0.15) is 11.8 Å². The van der Waals surface area contributed by atoms with Crippen molar-refractivity contribution in [2.75, 3.05) is 5.75 Å². The van der Waals surface area contributed by atoms with Gasteiger partial charge < -0.3 is 5.11 Å². The average molecular weight is 190 g/mol. The summed E-state index contributed by atoms with van der Waals surface area (Å²) in [5.41, 5.74) is 0. The maximum Gasteiger partial charge on any atom is 0.0658 e. The number of rotatable bonds is 6. The van der Waals surface area contributed by atoms with E-state index in [-0.39, 0.29) is 6.10 Å². The van der Waals surface area contributed by atoms with Gasteiger partial charge in [-0.25, -0.2) is 0 Å². The van der Waals surface area contributed by atoms with Gasteiger partial charge in [-0.05, 0) is 11.2 Å². The molecular weight excluding hydrogens is 168 g/mol. The Morgan fingerprint density at radius 3 is 2.00 bits per heavy atom. The van der Waals surface area contributed by atoms with Gasteiger partial charge in [0.15, 0.2) is 0 Å². The molecule has 0 amide bonds. The Balaban J connectivity index is 3.61. The molecule has 1 nitrogen and oxygen atoms in total. The second-order valence-corrected chi connectivity index (χ2v) is 5.14. The minimum Gasteiger partial charge on any atom is -0.392 e. The molecule has 0 aromatic heterocycles. The predicted molar refractivity (Wildman–Crippen MR) is 57.7 cm³/mol. The van der Waals surface area contributed by atoms with Crippen molar-refractivity contribution in [2.45, 2.75) is 51.9 Å². The Bertz CT molecular complexity index is 100. The number of aliphatic hydroxyl groups excluding tert-OH is 1. The molecule has 2 heteroatoms. The molecule has 0 rings (SSSR count). The summed E-state index contributed by atoms with van der Waals surface area (Å²) in [5, 5.41) is 10.4. The second-order valence-electron chi connectivity index (χ2n) is 3.53. The largest absolute Gasteiger partial charge is 0.392 e. The molecule has 0 spiro atoms. The van der Waals surface area contributed by atoms with Gasteiger partial charge in [-0.1, -0.05) is 40.5 Å². The molecule has 0 aliphatic heterocycles. The molecule has 1 atom stereocenters. The van der Waals surface area contributed by atoms with Crippen LogP contribution in [0, 0.1) is 5.92 Å². The van der Waals surface area contributed by atoms with E-state index in [4.69, 9.17) is 0 Å². The zero-order chi connectivity index (χ0) is 9.56. The monoisotopic (exact) mass is 190 g/mol. The Morgan fingerprint density at radius 1 is 1.17 bits per heavy atom. The van der Waals surface area contributed by atoms with E-state index in [1.807, 2.05) is 11.8 Å². The number of thioether (sulfide) groups is 1. The van der Waals surface area contributed by atoms with Crippen LogP contribution in [0.2, 0.25) is 0 Å². The van der Waals surface area contributed by atoms with Gasteiger partial charge in [0.1, 0.15) is 0 Å². The van der Waals surface area contributed by atoms with Crippen molar-refractivity contribution < 1.29 is 5.11 Å². The Labute approximate surface area is 80.9 Å². The number of hydrogen-bond acceptors (Lipinski definition) is 2. The number of hydrogen-bond donors (Lipinski definition) is 1. The van der Waals surface area contributed by atoms with Crippen molar-refractivity contribution in [1.29, 1.82) is 0 Å². The van der Waals surface area contributed by atoms with Gasteiger partial charge in [-0.15, -0.1) is 0 Å². The number of aliphatic hydroxyl groups is 1. The van der Waals surface area contributed by atoms with Crippen LogP contribution in [0.1, 0.15) is 40.5 Å². The first-order valence-corrected chi connectivity index (χ1v) is 5.96. The minimum atomic E-state index is -0.104. The Kier molecular flexibility index (Phi) is 6.96. The SMILES string of the molecule is CCC(CC)C(O)CSC(C)C. The first-order chi connectivity index (χ1) is 5.61. The lowest BCUT2D eigenvalue weighted by molar-refractivity contribution is 0.125. The first-order valence-electron chi connectivity index (χ1n) is 4.91. The quantitative estimate of drug-likeness (QED) is 0.695. The fourth-order valence-corrected chi connectivity index (χ4v) is 2.11. The first kappa shape index (κ1) is 12.3. The third-order valence-corrected chi connectivity index (χ3v) is 3.39.